The number of hydrazone groups is 1. The Bertz CT molecular complexity index is 1220. The second-order valence-corrected chi connectivity index (χ2v) is 8.58. The zero-order chi connectivity index (χ0) is 24.0. The minimum atomic E-state index is -2.74. The Morgan fingerprint density at radius 3 is 2.79 bits per heavy atom. The van der Waals surface area contributed by atoms with E-state index in [-0.39, 0.29) is 22.1 Å². The van der Waals surface area contributed by atoms with Crippen LogP contribution < -0.4 is 15.2 Å². The van der Waals surface area contributed by atoms with Crippen LogP contribution in [-0.4, -0.2) is 46.6 Å². The van der Waals surface area contributed by atoms with E-state index in [2.05, 4.69) is 32.3 Å². The molecule has 0 radical (unpaired) electrons. The van der Waals surface area contributed by atoms with Crippen molar-refractivity contribution < 1.29 is 18.3 Å². The van der Waals surface area contributed by atoms with E-state index in [0.29, 0.717) is 11.4 Å². The number of fused-ring (bicyclic) bond motifs is 3. The van der Waals surface area contributed by atoms with Gasteiger partial charge >= 0.3 is 0 Å². The van der Waals surface area contributed by atoms with Crippen LogP contribution in [0.5, 0.6) is 0 Å². The predicted molar refractivity (Wildman–Crippen MR) is 121 cm³/mol. The molecule has 2 aliphatic rings. The van der Waals surface area contributed by atoms with E-state index in [0.717, 1.165) is 6.07 Å². The van der Waals surface area contributed by atoms with Crippen LogP contribution in [-0.2, 0) is 0 Å². The van der Waals surface area contributed by atoms with E-state index in [9.17, 15) is 18.3 Å². The summed E-state index contributed by atoms with van der Waals surface area (Å²) in [6.07, 6.45) is 0.130. The van der Waals surface area contributed by atoms with Gasteiger partial charge in [0.1, 0.15) is 29.3 Å². The fourth-order valence-corrected chi connectivity index (χ4v) is 3.80. The lowest BCUT2D eigenvalue weighted by atomic mass is 10.0. The number of nitrogens with one attached hydrogen (secondary N) is 1. The van der Waals surface area contributed by atoms with Crippen LogP contribution in [0.1, 0.15) is 32.0 Å². The fraction of sp³-hybridized carbons (Fsp3) is 0.318. The van der Waals surface area contributed by atoms with Gasteiger partial charge in [-0.05, 0) is 44.0 Å². The molecular weight excluding hydrogens is 457 g/mol. The molecule has 4 rings (SSSR count). The molecule has 0 fully saturated rings. The molecule has 0 saturated heterocycles. The van der Waals surface area contributed by atoms with Gasteiger partial charge in [-0.15, -0.1) is 0 Å². The summed E-state index contributed by atoms with van der Waals surface area (Å²) in [5, 5.41) is 14.0. The molecule has 172 valence electrons. The second kappa shape index (κ2) is 8.24. The van der Waals surface area contributed by atoms with Crippen molar-refractivity contribution in [2.75, 3.05) is 16.3 Å². The highest BCUT2D eigenvalue weighted by Crippen LogP contribution is 2.41. The van der Waals surface area contributed by atoms with Crippen LogP contribution in [0.15, 0.2) is 40.6 Å². The SMILES string of the molecule is CC(C)(O)C#Cc1cc(N(CC(F)F)C2=NC3(C)NN=CN3c3c(Cl)cc(F)cc32)ccn1. The van der Waals surface area contributed by atoms with Gasteiger partial charge < -0.3 is 10.0 Å². The van der Waals surface area contributed by atoms with Crippen LogP contribution in [0.3, 0.4) is 0 Å². The monoisotopic (exact) mass is 476 g/mol. The number of pyridine rings is 1. The lowest BCUT2D eigenvalue weighted by Crippen LogP contribution is -2.54. The molecule has 33 heavy (non-hydrogen) atoms. The maximum atomic E-state index is 14.3. The number of aliphatic hydroxyl groups is 1. The number of hydrogen-bond acceptors (Lipinski definition) is 7. The van der Waals surface area contributed by atoms with Crippen molar-refractivity contribution in [2.45, 2.75) is 38.6 Å². The van der Waals surface area contributed by atoms with E-state index in [1.807, 2.05) is 0 Å². The van der Waals surface area contributed by atoms with Crippen molar-refractivity contribution in [3.05, 3.63) is 52.6 Å². The smallest absolute Gasteiger partial charge is 0.256 e. The highest BCUT2D eigenvalue weighted by Gasteiger charge is 2.43. The molecular formula is C22H20ClF3N6O. The molecule has 2 aliphatic heterocycles. The standard InChI is InChI=1S/C22H20ClF3N6O/c1-21(2,33)6-4-14-10-15(5-7-27-14)31(11-18(25)26)20-16-8-13(24)9-17(23)19(16)32-12-28-30-22(32,3)29-20/h5,7-10,12,18,30,33H,11H2,1-3H3. The molecule has 7 nitrogen and oxygen atoms in total. The van der Waals surface area contributed by atoms with Gasteiger partial charge in [0.15, 0.2) is 0 Å². The van der Waals surface area contributed by atoms with Gasteiger partial charge in [-0.25, -0.2) is 23.1 Å². The molecule has 0 bridgehead atoms. The maximum absolute atomic E-state index is 14.3. The molecule has 2 N–H and O–H groups in total. The first-order chi connectivity index (χ1) is 15.5. The molecule has 0 amide bonds. The highest BCUT2D eigenvalue weighted by atomic mass is 35.5. The van der Waals surface area contributed by atoms with Crippen LogP contribution >= 0.6 is 11.6 Å². The summed E-state index contributed by atoms with van der Waals surface area (Å²) in [5.41, 5.74) is 2.77. The maximum Gasteiger partial charge on any atom is 0.256 e. The third-order valence-electron chi connectivity index (χ3n) is 4.88. The average Bonchev–Trinajstić information content (AvgIpc) is 3.10. The number of halogens is 4. The molecule has 2 aromatic rings. The first-order valence-corrected chi connectivity index (χ1v) is 10.3. The third kappa shape index (κ3) is 4.60. The van der Waals surface area contributed by atoms with Crippen molar-refractivity contribution in [3.8, 4) is 11.8 Å². The summed E-state index contributed by atoms with van der Waals surface area (Å²) in [7, 11) is 0. The quantitative estimate of drug-likeness (QED) is 0.663. The Morgan fingerprint density at radius 2 is 2.09 bits per heavy atom. The van der Waals surface area contributed by atoms with E-state index >= 15 is 0 Å². The van der Waals surface area contributed by atoms with Crippen molar-refractivity contribution >= 4 is 35.1 Å². The first kappa shape index (κ1) is 22.9. The Kier molecular flexibility index (Phi) is 5.72. The number of benzene rings is 1. The largest absolute Gasteiger partial charge is 0.378 e. The summed E-state index contributed by atoms with van der Waals surface area (Å²) in [6, 6.07) is 5.36. The molecule has 1 unspecified atom stereocenters. The van der Waals surface area contributed by atoms with Gasteiger partial charge in [-0.1, -0.05) is 17.5 Å². The summed E-state index contributed by atoms with van der Waals surface area (Å²) in [4.78, 5) is 11.6. The molecule has 1 aromatic carbocycles. The van der Waals surface area contributed by atoms with Crippen molar-refractivity contribution in [1.82, 2.24) is 10.4 Å². The highest BCUT2D eigenvalue weighted by molar-refractivity contribution is 6.35. The average molecular weight is 477 g/mol. The number of aliphatic imine (C=N–C) groups is 1. The number of aromatic nitrogens is 1. The van der Waals surface area contributed by atoms with Gasteiger partial charge in [0.2, 0.25) is 5.79 Å². The van der Waals surface area contributed by atoms with Crippen LogP contribution in [0.25, 0.3) is 0 Å². The topological polar surface area (TPSA) is 76.3 Å². The zero-order valence-electron chi connectivity index (χ0n) is 17.9. The van der Waals surface area contributed by atoms with Gasteiger partial charge in [0.25, 0.3) is 6.43 Å². The Hall–Kier alpha value is -3.29. The summed E-state index contributed by atoms with van der Waals surface area (Å²) in [6.45, 7) is 3.99. The van der Waals surface area contributed by atoms with Crippen molar-refractivity contribution in [1.29, 1.82) is 0 Å². The lowest BCUT2D eigenvalue weighted by Gasteiger charge is -2.40. The molecule has 0 saturated carbocycles. The first-order valence-electron chi connectivity index (χ1n) is 9.93. The van der Waals surface area contributed by atoms with Gasteiger partial charge in [-0.2, -0.15) is 5.10 Å². The minimum absolute atomic E-state index is 0.0797. The van der Waals surface area contributed by atoms with Gasteiger partial charge in [0, 0.05) is 24.4 Å². The van der Waals surface area contributed by atoms with E-state index in [4.69, 9.17) is 11.6 Å². The number of anilines is 2. The summed E-state index contributed by atoms with van der Waals surface area (Å²) >= 11 is 6.36. The van der Waals surface area contributed by atoms with E-state index in [1.165, 1.54) is 49.5 Å². The zero-order valence-corrected chi connectivity index (χ0v) is 18.7. The normalized spacial score (nSPS) is 18.8. The summed E-state index contributed by atoms with van der Waals surface area (Å²) < 4.78 is 41.8. The molecule has 0 spiro atoms. The van der Waals surface area contributed by atoms with E-state index in [1.54, 1.807) is 11.8 Å². The van der Waals surface area contributed by atoms with Crippen LogP contribution in [0, 0.1) is 17.7 Å². The minimum Gasteiger partial charge on any atom is -0.378 e. The Morgan fingerprint density at radius 1 is 1.33 bits per heavy atom. The molecule has 11 heteroatoms. The van der Waals surface area contributed by atoms with Crippen LogP contribution in [0.4, 0.5) is 24.5 Å². The predicted octanol–water partition coefficient (Wildman–Crippen LogP) is 3.56. The second-order valence-electron chi connectivity index (χ2n) is 8.18. The number of hydrogen-bond donors (Lipinski definition) is 2. The third-order valence-corrected chi connectivity index (χ3v) is 5.17. The Labute approximate surface area is 193 Å². The molecule has 0 aliphatic carbocycles. The number of nitrogens with zero attached hydrogens (tertiary/aromatic N) is 5. The summed E-state index contributed by atoms with van der Waals surface area (Å²) in [5.74, 6) is 3.66. The van der Waals surface area contributed by atoms with Crippen molar-refractivity contribution in [2.24, 2.45) is 10.1 Å². The fourth-order valence-electron chi connectivity index (χ4n) is 3.51. The number of alkyl halides is 2. The molecule has 1 aromatic heterocycles. The van der Waals surface area contributed by atoms with E-state index < -0.39 is 30.2 Å². The molecule has 1 atom stereocenters. The Balaban J connectivity index is 1.88. The van der Waals surface area contributed by atoms with Gasteiger partial charge in [-0.3, -0.25) is 10.3 Å². The van der Waals surface area contributed by atoms with Crippen molar-refractivity contribution in [3.63, 3.8) is 0 Å². The molecule has 3 heterocycles. The van der Waals surface area contributed by atoms with Gasteiger partial charge in [0.05, 0.1) is 17.3 Å². The van der Waals surface area contributed by atoms with Crippen LogP contribution in [0.2, 0.25) is 5.02 Å². The lowest BCUT2D eigenvalue weighted by molar-refractivity contribution is 0.143. The number of rotatable bonds is 3. The number of amidine groups is 1.